The molecule has 0 atom stereocenters. The maximum Gasteiger partial charge on any atom is 0.241 e. The molecular weight excluding hydrogens is 258 g/mol. The maximum atomic E-state index is 5.38. The monoisotopic (exact) mass is 267 g/mol. The van der Waals surface area contributed by atoms with Gasteiger partial charge in [0.1, 0.15) is 24.0 Å². The summed E-state index contributed by atoms with van der Waals surface area (Å²) < 4.78 is 0. The number of nitrogens with two attached hydrogens (primary N) is 1. The third-order valence-corrected chi connectivity index (χ3v) is 2.39. The number of hydrogen-bond donors (Lipinski definition) is 2. The number of hydrogen-bond acceptors (Lipinski definition) is 9. The van der Waals surface area contributed by atoms with Crippen molar-refractivity contribution in [2.75, 3.05) is 5.43 Å². The van der Waals surface area contributed by atoms with E-state index in [1.165, 1.54) is 12.7 Å². The minimum atomic E-state index is 0.224. The Hall–Kier alpha value is -3.07. The summed E-state index contributed by atoms with van der Waals surface area (Å²) in [5.74, 6) is 6.36. The smallest absolute Gasteiger partial charge is 0.241 e. The first-order valence-corrected chi connectivity index (χ1v) is 5.62. The van der Waals surface area contributed by atoms with Crippen molar-refractivity contribution in [1.29, 1.82) is 0 Å². The van der Waals surface area contributed by atoms with Crippen LogP contribution in [0.5, 0.6) is 0 Å². The highest BCUT2D eigenvalue weighted by Crippen LogP contribution is 2.17. The van der Waals surface area contributed by atoms with E-state index in [1.807, 2.05) is 0 Å². The Morgan fingerprint density at radius 1 is 0.800 bits per heavy atom. The highest BCUT2D eigenvalue weighted by molar-refractivity contribution is 5.57. The Bertz CT molecular complexity index is 644. The van der Waals surface area contributed by atoms with Crippen molar-refractivity contribution < 1.29 is 0 Å². The molecule has 0 amide bonds. The van der Waals surface area contributed by atoms with Gasteiger partial charge >= 0.3 is 0 Å². The third-order valence-electron chi connectivity index (χ3n) is 2.39. The summed E-state index contributed by atoms with van der Waals surface area (Å²) in [5.41, 5.74) is 3.53. The van der Waals surface area contributed by atoms with Crippen LogP contribution in [0.4, 0.5) is 5.95 Å². The van der Waals surface area contributed by atoms with E-state index in [1.54, 1.807) is 24.5 Å². The second-order valence-electron chi connectivity index (χ2n) is 3.64. The largest absolute Gasteiger partial charge is 0.292 e. The van der Waals surface area contributed by atoms with Crippen LogP contribution in [0.25, 0.3) is 23.0 Å². The fourth-order valence-corrected chi connectivity index (χ4v) is 1.52. The average molecular weight is 267 g/mol. The molecule has 3 N–H and O–H groups in total. The molecule has 3 aromatic heterocycles. The molecule has 0 bridgehead atoms. The molecule has 0 spiro atoms. The lowest BCUT2D eigenvalue weighted by atomic mass is 10.3. The normalized spacial score (nSPS) is 10.2. The Kier molecular flexibility index (Phi) is 3.17. The zero-order chi connectivity index (χ0) is 13.8. The van der Waals surface area contributed by atoms with Crippen LogP contribution in [-0.4, -0.2) is 34.9 Å². The van der Waals surface area contributed by atoms with Gasteiger partial charge < -0.3 is 0 Å². The van der Waals surface area contributed by atoms with Gasteiger partial charge in [0.15, 0.2) is 11.6 Å². The molecule has 0 aliphatic rings. The molecule has 3 rings (SSSR count). The molecule has 0 radical (unpaired) electrons. The molecular formula is C11H9N9. The molecule has 0 aliphatic heterocycles. The highest BCUT2D eigenvalue weighted by Gasteiger charge is 2.11. The van der Waals surface area contributed by atoms with Crippen molar-refractivity contribution in [3.63, 3.8) is 0 Å². The number of nitrogens with zero attached hydrogens (tertiary/aromatic N) is 7. The SMILES string of the molecule is NNc1nc(-c2ccncn2)nc(-c2ccncn2)n1. The lowest BCUT2D eigenvalue weighted by molar-refractivity contribution is 1.01. The van der Waals surface area contributed by atoms with Gasteiger partial charge in [-0.1, -0.05) is 0 Å². The molecule has 9 heteroatoms. The Balaban J connectivity index is 2.13. The van der Waals surface area contributed by atoms with Gasteiger partial charge in [-0.15, -0.1) is 0 Å². The molecule has 0 aliphatic carbocycles. The summed E-state index contributed by atoms with van der Waals surface area (Å²) in [6, 6.07) is 3.39. The van der Waals surface area contributed by atoms with Crippen molar-refractivity contribution in [2.24, 2.45) is 5.84 Å². The zero-order valence-corrected chi connectivity index (χ0v) is 10.2. The van der Waals surface area contributed by atoms with Crippen molar-refractivity contribution in [3.05, 3.63) is 37.2 Å². The lowest BCUT2D eigenvalue weighted by Crippen LogP contribution is -2.12. The van der Waals surface area contributed by atoms with E-state index in [0.717, 1.165) is 0 Å². The highest BCUT2D eigenvalue weighted by atomic mass is 15.3. The molecule has 0 saturated carbocycles. The standard InChI is InChI=1S/C11H9N9/c12-20-11-18-9(7-1-3-13-5-15-7)17-10(19-11)8-2-4-14-6-16-8/h1-6H,12H2,(H,17,18,19,20). The van der Waals surface area contributed by atoms with Crippen LogP contribution < -0.4 is 11.3 Å². The van der Waals surface area contributed by atoms with Gasteiger partial charge in [0.25, 0.3) is 0 Å². The number of nitrogens with one attached hydrogen (secondary N) is 1. The van der Waals surface area contributed by atoms with Crippen LogP contribution in [-0.2, 0) is 0 Å². The number of aromatic nitrogens is 7. The van der Waals surface area contributed by atoms with Gasteiger partial charge in [0, 0.05) is 12.4 Å². The number of rotatable bonds is 3. The molecule has 0 saturated heterocycles. The minimum Gasteiger partial charge on any atom is -0.292 e. The Morgan fingerprint density at radius 2 is 1.35 bits per heavy atom. The minimum absolute atomic E-state index is 0.224. The lowest BCUT2D eigenvalue weighted by Gasteiger charge is -2.05. The second kappa shape index (κ2) is 5.28. The molecule has 20 heavy (non-hydrogen) atoms. The van der Waals surface area contributed by atoms with E-state index in [2.05, 4.69) is 40.3 Å². The van der Waals surface area contributed by atoms with E-state index >= 15 is 0 Å². The van der Waals surface area contributed by atoms with Crippen molar-refractivity contribution >= 4 is 5.95 Å². The maximum absolute atomic E-state index is 5.38. The van der Waals surface area contributed by atoms with E-state index in [9.17, 15) is 0 Å². The molecule has 0 unspecified atom stereocenters. The van der Waals surface area contributed by atoms with Crippen LogP contribution in [0.2, 0.25) is 0 Å². The van der Waals surface area contributed by atoms with Crippen molar-refractivity contribution in [1.82, 2.24) is 34.9 Å². The molecule has 0 aromatic carbocycles. The topological polar surface area (TPSA) is 128 Å². The zero-order valence-electron chi connectivity index (χ0n) is 10.2. The molecule has 3 heterocycles. The van der Waals surface area contributed by atoms with Gasteiger partial charge in [-0.3, -0.25) is 5.43 Å². The quantitative estimate of drug-likeness (QED) is 0.500. The summed E-state index contributed by atoms with van der Waals surface area (Å²) in [7, 11) is 0. The van der Waals surface area contributed by atoms with E-state index in [4.69, 9.17) is 5.84 Å². The van der Waals surface area contributed by atoms with Crippen LogP contribution >= 0.6 is 0 Å². The van der Waals surface area contributed by atoms with Gasteiger partial charge in [-0.2, -0.15) is 9.97 Å². The molecule has 9 nitrogen and oxygen atoms in total. The fraction of sp³-hybridized carbons (Fsp3) is 0. The van der Waals surface area contributed by atoms with E-state index in [0.29, 0.717) is 23.0 Å². The summed E-state index contributed by atoms with van der Waals surface area (Å²) in [5, 5.41) is 0. The Morgan fingerprint density at radius 3 is 1.75 bits per heavy atom. The fourth-order valence-electron chi connectivity index (χ4n) is 1.52. The number of anilines is 1. The summed E-state index contributed by atoms with van der Waals surface area (Å²) in [6.45, 7) is 0. The van der Waals surface area contributed by atoms with Crippen LogP contribution in [0.15, 0.2) is 37.2 Å². The molecule has 3 aromatic rings. The molecule has 98 valence electrons. The van der Waals surface area contributed by atoms with Gasteiger partial charge in [0.05, 0.1) is 0 Å². The number of hydrazine groups is 1. The second-order valence-corrected chi connectivity index (χ2v) is 3.64. The number of nitrogen functional groups attached to an aromatic ring is 1. The van der Waals surface area contributed by atoms with Crippen LogP contribution in [0.3, 0.4) is 0 Å². The predicted octanol–water partition coefficient (Wildman–Crippen LogP) is 0.0712. The third kappa shape index (κ3) is 2.37. The van der Waals surface area contributed by atoms with Gasteiger partial charge in [0.2, 0.25) is 5.95 Å². The first-order chi connectivity index (χ1) is 9.86. The summed E-state index contributed by atoms with van der Waals surface area (Å²) in [6.07, 6.45) is 6.04. The van der Waals surface area contributed by atoms with Gasteiger partial charge in [-0.25, -0.2) is 30.8 Å². The predicted molar refractivity (Wildman–Crippen MR) is 69.7 cm³/mol. The average Bonchev–Trinajstić information content (AvgIpc) is 2.56. The van der Waals surface area contributed by atoms with E-state index in [-0.39, 0.29) is 5.95 Å². The molecule has 0 fully saturated rings. The summed E-state index contributed by atoms with van der Waals surface area (Å²) in [4.78, 5) is 28.5. The van der Waals surface area contributed by atoms with Crippen molar-refractivity contribution in [3.8, 4) is 23.0 Å². The first kappa shape index (κ1) is 12.0. The van der Waals surface area contributed by atoms with Crippen molar-refractivity contribution in [2.45, 2.75) is 0 Å². The first-order valence-electron chi connectivity index (χ1n) is 5.62. The van der Waals surface area contributed by atoms with Gasteiger partial charge in [-0.05, 0) is 12.1 Å². The Labute approximate surface area is 113 Å². The van der Waals surface area contributed by atoms with E-state index < -0.39 is 0 Å². The van der Waals surface area contributed by atoms with Crippen LogP contribution in [0.1, 0.15) is 0 Å². The van der Waals surface area contributed by atoms with Crippen LogP contribution in [0, 0.1) is 0 Å². The summed E-state index contributed by atoms with van der Waals surface area (Å²) >= 11 is 0.